The molecule has 1 heteroatoms. The normalized spacial score (nSPS) is 23.3. The lowest BCUT2D eigenvalue weighted by atomic mass is 9.78. The molecule has 0 saturated heterocycles. The lowest BCUT2D eigenvalue weighted by Crippen LogP contribution is -2.11. The first-order valence-electron chi connectivity index (χ1n) is 8.19. The highest BCUT2D eigenvalue weighted by Crippen LogP contribution is 2.36. The minimum atomic E-state index is 0.463. The van der Waals surface area contributed by atoms with Gasteiger partial charge >= 0.3 is 0 Å². The first kappa shape index (κ1) is 15.3. The van der Waals surface area contributed by atoms with E-state index >= 15 is 0 Å². The SMILES string of the molecule is CCCCCc1ccc(C2CCC(/C=C/F)CC2)cc1. The molecule has 0 bridgehead atoms. The quantitative estimate of drug-likeness (QED) is 0.544. The molecule has 0 amide bonds. The monoisotopic (exact) mass is 274 g/mol. The Morgan fingerprint density at radius 1 is 1.05 bits per heavy atom. The van der Waals surface area contributed by atoms with E-state index in [1.165, 1.54) is 49.7 Å². The predicted octanol–water partition coefficient (Wildman–Crippen LogP) is 6.18. The van der Waals surface area contributed by atoms with Crippen LogP contribution in [-0.2, 0) is 6.42 Å². The third-order valence-corrected chi connectivity index (χ3v) is 4.64. The predicted molar refractivity (Wildman–Crippen MR) is 84.6 cm³/mol. The zero-order valence-corrected chi connectivity index (χ0v) is 12.7. The summed E-state index contributed by atoms with van der Waals surface area (Å²) in [5.74, 6) is 1.15. The van der Waals surface area contributed by atoms with Crippen LogP contribution in [0, 0.1) is 5.92 Å². The fraction of sp³-hybridized carbons (Fsp3) is 0.579. The largest absolute Gasteiger partial charge is 0.216 e. The maximum Gasteiger partial charge on any atom is 0.0829 e. The molecule has 0 aromatic heterocycles. The topological polar surface area (TPSA) is 0 Å². The summed E-state index contributed by atoms with van der Waals surface area (Å²) in [4.78, 5) is 0. The van der Waals surface area contributed by atoms with Crippen molar-refractivity contribution < 1.29 is 4.39 Å². The molecule has 0 aliphatic heterocycles. The number of halogens is 1. The van der Waals surface area contributed by atoms with Gasteiger partial charge in [0.15, 0.2) is 0 Å². The first-order valence-corrected chi connectivity index (χ1v) is 8.19. The van der Waals surface area contributed by atoms with E-state index in [0.717, 1.165) is 19.2 Å². The van der Waals surface area contributed by atoms with Crippen molar-refractivity contribution in [1.29, 1.82) is 0 Å². The van der Waals surface area contributed by atoms with Crippen LogP contribution in [0.1, 0.15) is 68.9 Å². The van der Waals surface area contributed by atoms with Gasteiger partial charge in [0.2, 0.25) is 0 Å². The van der Waals surface area contributed by atoms with Crippen LogP contribution in [0.4, 0.5) is 4.39 Å². The van der Waals surface area contributed by atoms with Gasteiger partial charge in [-0.25, -0.2) is 4.39 Å². The maximum absolute atomic E-state index is 12.2. The minimum absolute atomic E-state index is 0.463. The molecule has 110 valence electrons. The molecule has 0 N–H and O–H groups in total. The van der Waals surface area contributed by atoms with Crippen molar-refractivity contribution in [1.82, 2.24) is 0 Å². The second kappa shape index (κ2) is 8.24. The second-order valence-corrected chi connectivity index (χ2v) is 6.13. The average molecular weight is 274 g/mol. The van der Waals surface area contributed by atoms with Crippen LogP contribution < -0.4 is 0 Å². The smallest absolute Gasteiger partial charge is 0.0829 e. The zero-order valence-electron chi connectivity index (χ0n) is 12.7. The Morgan fingerprint density at radius 3 is 2.35 bits per heavy atom. The van der Waals surface area contributed by atoms with Gasteiger partial charge in [-0.2, -0.15) is 0 Å². The highest BCUT2D eigenvalue weighted by Gasteiger charge is 2.20. The van der Waals surface area contributed by atoms with Gasteiger partial charge in [0.25, 0.3) is 0 Å². The van der Waals surface area contributed by atoms with Gasteiger partial charge in [0, 0.05) is 0 Å². The summed E-state index contributed by atoms with van der Waals surface area (Å²) in [5.41, 5.74) is 2.95. The Bertz CT molecular complexity index is 396. The third kappa shape index (κ3) is 4.47. The molecule has 2 rings (SSSR count). The number of allylic oxidation sites excluding steroid dienone is 1. The van der Waals surface area contributed by atoms with Gasteiger partial charge in [-0.3, -0.25) is 0 Å². The van der Waals surface area contributed by atoms with Crippen molar-refractivity contribution in [2.45, 2.75) is 64.2 Å². The Labute approximate surface area is 123 Å². The van der Waals surface area contributed by atoms with Crippen LogP contribution in [-0.4, -0.2) is 0 Å². The van der Waals surface area contributed by atoms with E-state index in [1.807, 2.05) is 0 Å². The van der Waals surface area contributed by atoms with Gasteiger partial charge < -0.3 is 0 Å². The molecular formula is C19H27F. The Morgan fingerprint density at radius 2 is 1.75 bits per heavy atom. The lowest BCUT2D eigenvalue weighted by molar-refractivity contribution is 0.373. The van der Waals surface area contributed by atoms with Gasteiger partial charge in [0.1, 0.15) is 0 Å². The van der Waals surface area contributed by atoms with E-state index in [9.17, 15) is 4.39 Å². The fourth-order valence-corrected chi connectivity index (χ4v) is 3.28. The number of hydrogen-bond acceptors (Lipinski definition) is 0. The molecule has 0 atom stereocenters. The summed E-state index contributed by atoms with van der Waals surface area (Å²) in [7, 11) is 0. The fourth-order valence-electron chi connectivity index (χ4n) is 3.28. The molecule has 1 aliphatic rings. The lowest BCUT2D eigenvalue weighted by Gasteiger charge is -2.27. The molecule has 0 unspecified atom stereocenters. The van der Waals surface area contributed by atoms with Crippen LogP contribution >= 0.6 is 0 Å². The molecular weight excluding hydrogens is 247 g/mol. The molecule has 1 saturated carbocycles. The molecule has 0 spiro atoms. The summed E-state index contributed by atoms with van der Waals surface area (Å²) in [6, 6.07) is 9.24. The van der Waals surface area contributed by atoms with Crippen LogP contribution in [0.15, 0.2) is 36.7 Å². The molecule has 20 heavy (non-hydrogen) atoms. The standard InChI is InChI=1S/C19H27F/c1-2-3-4-5-16-6-10-18(11-7-16)19-12-8-17(9-13-19)14-15-20/h6-7,10-11,14-15,17,19H,2-5,8-9,12-13H2,1H3/b15-14+. The highest BCUT2D eigenvalue weighted by atomic mass is 19.1. The van der Waals surface area contributed by atoms with Crippen molar-refractivity contribution in [3.63, 3.8) is 0 Å². The number of rotatable bonds is 6. The average Bonchev–Trinajstić information content (AvgIpc) is 2.49. The van der Waals surface area contributed by atoms with Crippen molar-refractivity contribution in [2.75, 3.05) is 0 Å². The summed E-state index contributed by atoms with van der Waals surface area (Å²) in [6.07, 6.45) is 12.2. The zero-order chi connectivity index (χ0) is 14.2. The number of benzene rings is 1. The van der Waals surface area contributed by atoms with Crippen molar-refractivity contribution in [3.8, 4) is 0 Å². The van der Waals surface area contributed by atoms with E-state index in [0.29, 0.717) is 11.8 Å². The number of aryl methyl sites for hydroxylation is 1. The van der Waals surface area contributed by atoms with Crippen molar-refractivity contribution in [2.24, 2.45) is 5.92 Å². The van der Waals surface area contributed by atoms with E-state index in [2.05, 4.69) is 31.2 Å². The summed E-state index contributed by atoms with van der Waals surface area (Å²) < 4.78 is 12.2. The van der Waals surface area contributed by atoms with E-state index in [-0.39, 0.29) is 0 Å². The van der Waals surface area contributed by atoms with E-state index in [1.54, 1.807) is 6.08 Å². The Kier molecular flexibility index (Phi) is 6.29. The molecule has 1 aliphatic carbocycles. The van der Waals surface area contributed by atoms with E-state index in [4.69, 9.17) is 0 Å². The maximum atomic E-state index is 12.2. The third-order valence-electron chi connectivity index (χ3n) is 4.64. The Hall–Kier alpha value is -1.11. The molecule has 1 fully saturated rings. The highest BCUT2D eigenvalue weighted by molar-refractivity contribution is 5.26. The summed E-state index contributed by atoms with van der Waals surface area (Å²) in [5, 5.41) is 0. The summed E-state index contributed by atoms with van der Waals surface area (Å²) in [6.45, 7) is 2.25. The summed E-state index contributed by atoms with van der Waals surface area (Å²) >= 11 is 0. The van der Waals surface area contributed by atoms with Gasteiger partial charge in [-0.1, -0.05) is 50.1 Å². The Balaban J connectivity index is 1.84. The molecule has 0 nitrogen and oxygen atoms in total. The van der Waals surface area contributed by atoms with Crippen molar-refractivity contribution >= 4 is 0 Å². The van der Waals surface area contributed by atoms with Crippen LogP contribution in [0.3, 0.4) is 0 Å². The minimum Gasteiger partial charge on any atom is -0.216 e. The number of unbranched alkanes of at least 4 members (excludes halogenated alkanes) is 2. The molecule has 1 aromatic rings. The molecule has 0 heterocycles. The van der Waals surface area contributed by atoms with Gasteiger partial charge in [-0.15, -0.1) is 0 Å². The van der Waals surface area contributed by atoms with Gasteiger partial charge in [-0.05, 0) is 61.5 Å². The molecule has 1 aromatic carbocycles. The van der Waals surface area contributed by atoms with Crippen molar-refractivity contribution in [3.05, 3.63) is 47.8 Å². The molecule has 0 radical (unpaired) electrons. The van der Waals surface area contributed by atoms with Gasteiger partial charge in [0.05, 0.1) is 6.33 Å². The first-order chi connectivity index (χ1) is 9.83. The van der Waals surface area contributed by atoms with E-state index < -0.39 is 0 Å². The van der Waals surface area contributed by atoms with Crippen LogP contribution in [0.25, 0.3) is 0 Å². The van der Waals surface area contributed by atoms with Crippen LogP contribution in [0.5, 0.6) is 0 Å². The second-order valence-electron chi connectivity index (χ2n) is 6.13. The number of hydrogen-bond donors (Lipinski definition) is 0. The van der Waals surface area contributed by atoms with Crippen LogP contribution in [0.2, 0.25) is 0 Å².